The molecule has 0 atom stereocenters. The van der Waals surface area contributed by atoms with Gasteiger partial charge in [0.05, 0.1) is 0 Å². The van der Waals surface area contributed by atoms with E-state index < -0.39 is 18.5 Å². The number of carbonyl (C=O) groups excluding carboxylic acids is 4. The van der Waals surface area contributed by atoms with Gasteiger partial charge in [0.25, 0.3) is 5.91 Å². The third-order valence-electron chi connectivity index (χ3n) is 4.84. The fraction of sp³-hybridized carbons (Fsp3) is 0.0400. The number of amides is 1. The van der Waals surface area contributed by atoms with E-state index in [2.05, 4.69) is 5.32 Å². The van der Waals surface area contributed by atoms with E-state index in [4.69, 9.17) is 4.74 Å². The third kappa shape index (κ3) is 4.37. The van der Waals surface area contributed by atoms with Gasteiger partial charge in [0, 0.05) is 34.0 Å². The van der Waals surface area contributed by atoms with Crippen molar-refractivity contribution in [1.82, 2.24) is 0 Å². The zero-order valence-electron chi connectivity index (χ0n) is 16.6. The average Bonchev–Trinajstić information content (AvgIpc) is 2.81. The van der Waals surface area contributed by atoms with Crippen LogP contribution in [0.4, 0.5) is 10.1 Å². The van der Waals surface area contributed by atoms with Crippen molar-refractivity contribution >= 4 is 35.2 Å². The van der Waals surface area contributed by atoms with Crippen LogP contribution in [0.5, 0.6) is 0 Å². The first kappa shape index (κ1) is 20.9. The summed E-state index contributed by atoms with van der Waals surface area (Å²) in [5.74, 6) is -2.30. The lowest BCUT2D eigenvalue weighted by Crippen LogP contribution is -2.23. The summed E-state index contributed by atoms with van der Waals surface area (Å²) in [6.45, 7) is -0.542. The van der Waals surface area contributed by atoms with Gasteiger partial charge in [-0.25, -0.2) is 9.18 Å². The molecule has 0 aliphatic heterocycles. The predicted octanol–water partition coefficient (Wildman–Crippen LogP) is 3.80. The van der Waals surface area contributed by atoms with Gasteiger partial charge in [-0.1, -0.05) is 36.4 Å². The van der Waals surface area contributed by atoms with Gasteiger partial charge in [-0.2, -0.15) is 0 Å². The summed E-state index contributed by atoms with van der Waals surface area (Å²) in [7, 11) is 0. The minimum atomic E-state index is -0.743. The van der Waals surface area contributed by atoms with Gasteiger partial charge in [0.1, 0.15) is 5.82 Å². The number of rotatable bonds is 5. The van der Waals surface area contributed by atoms with Crippen molar-refractivity contribution in [1.29, 1.82) is 0 Å². The molecular weight excluding hydrogens is 413 g/mol. The maximum absolute atomic E-state index is 12.9. The first-order valence-electron chi connectivity index (χ1n) is 9.65. The molecule has 0 unspecified atom stereocenters. The fourth-order valence-corrected chi connectivity index (χ4v) is 3.30. The summed E-state index contributed by atoms with van der Waals surface area (Å²) >= 11 is 0. The van der Waals surface area contributed by atoms with Gasteiger partial charge in [-0.3, -0.25) is 14.4 Å². The monoisotopic (exact) mass is 429 g/mol. The summed E-state index contributed by atoms with van der Waals surface area (Å²) in [4.78, 5) is 49.3. The van der Waals surface area contributed by atoms with Crippen molar-refractivity contribution in [2.75, 3.05) is 11.9 Å². The van der Waals surface area contributed by atoms with Crippen LogP contribution in [0.15, 0.2) is 72.8 Å². The second kappa shape index (κ2) is 8.77. The number of ketones is 2. The Bertz CT molecular complexity index is 1280. The van der Waals surface area contributed by atoms with Gasteiger partial charge in [-0.15, -0.1) is 0 Å². The highest BCUT2D eigenvalue weighted by Crippen LogP contribution is 2.29. The number of anilines is 1. The molecule has 1 aliphatic rings. The van der Waals surface area contributed by atoms with Crippen LogP contribution in [-0.2, 0) is 14.3 Å². The van der Waals surface area contributed by atoms with Gasteiger partial charge in [-0.05, 0) is 42.0 Å². The molecule has 1 aliphatic carbocycles. The van der Waals surface area contributed by atoms with Crippen molar-refractivity contribution in [3.05, 3.63) is 106 Å². The van der Waals surface area contributed by atoms with E-state index in [1.54, 1.807) is 24.3 Å². The highest BCUT2D eigenvalue weighted by molar-refractivity contribution is 6.28. The van der Waals surface area contributed by atoms with E-state index >= 15 is 0 Å². The standard InChI is InChI=1S/C25H16FNO5/c26-16-8-5-15(6-9-16)7-12-23(29)32-14-22(28)27-17-10-11-20-21(13-17)25(31)19-4-2-1-3-18(19)24(20)30/h1-13H,14H2,(H,27,28). The number of nitrogens with one attached hydrogen (secondary N) is 1. The van der Waals surface area contributed by atoms with Crippen LogP contribution in [-0.4, -0.2) is 30.0 Å². The molecule has 0 fully saturated rings. The van der Waals surface area contributed by atoms with Crippen LogP contribution in [0.3, 0.4) is 0 Å². The molecule has 0 saturated carbocycles. The molecule has 0 bridgehead atoms. The fourth-order valence-electron chi connectivity index (χ4n) is 3.30. The average molecular weight is 429 g/mol. The lowest BCUT2D eigenvalue weighted by atomic mass is 9.84. The number of carbonyl (C=O) groups is 4. The van der Waals surface area contributed by atoms with Gasteiger partial charge < -0.3 is 10.1 Å². The van der Waals surface area contributed by atoms with Crippen molar-refractivity contribution in [3.63, 3.8) is 0 Å². The van der Waals surface area contributed by atoms with Crippen molar-refractivity contribution in [3.8, 4) is 0 Å². The Labute approximate surface area is 182 Å². The minimum absolute atomic E-state index is 0.200. The Morgan fingerprint density at radius 1 is 0.844 bits per heavy atom. The summed E-state index contributed by atoms with van der Waals surface area (Å²) in [5.41, 5.74) is 2.03. The number of ether oxygens (including phenoxy) is 1. The molecule has 3 aromatic rings. The maximum atomic E-state index is 12.9. The maximum Gasteiger partial charge on any atom is 0.331 e. The lowest BCUT2D eigenvalue weighted by Gasteiger charge is -2.18. The minimum Gasteiger partial charge on any atom is -0.452 e. The molecule has 1 N–H and O–H groups in total. The number of fused-ring (bicyclic) bond motifs is 2. The Hall–Kier alpha value is -4.39. The molecule has 6 nitrogen and oxygen atoms in total. The number of halogens is 1. The van der Waals surface area contributed by atoms with Gasteiger partial charge in [0.15, 0.2) is 18.2 Å². The van der Waals surface area contributed by atoms with Gasteiger partial charge in [0.2, 0.25) is 0 Å². The van der Waals surface area contributed by atoms with E-state index in [0.717, 1.165) is 6.08 Å². The number of hydrogen-bond acceptors (Lipinski definition) is 5. The Balaban J connectivity index is 1.38. The van der Waals surface area contributed by atoms with Crippen LogP contribution in [0.25, 0.3) is 6.08 Å². The quantitative estimate of drug-likeness (QED) is 0.385. The molecule has 3 aromatic carbocycles. The number of benzene rings is 3. The lowest BCUT2D eigenvalue weighted by molar-refractivity contribution is -0.142. The third-order valence-corrected chi connectivity index (χ3v) is 4.84. The first-order valence-corrected chi connectivity index (χ1v) is 9.65. The van der Waals surface area contributed by atoms with E-state index in [-0.39, 0.29) is 28.5 Å². The molecule has 0 saturated heterocycles. The predicted molar refractivity (Wildman–Crippen MR) is 115 cm³/mol. The van der Waals surface area contributed by atoms with E-state index in [1.165, 1.54) is 48.5 Å². The molecule has 0 radical (unpaired) electrons. The Kier molecular flexibility index (Phi) is 5.72. The summed E-state index contributed by atoms with van der Waals surface area (Å²) < 4.78 is 17.8. The smallest absolute Gasteiger partial charge is 0.331 e. The summed E-state index contributed by atoms with van der Waals surface area (Å²) in [5, 5.41) is 2.54. The SMILES string of the molecule is O=C(COC(=O)C=Cc1ccc(F)cc1)Nc1ccc2c(c1)C(=O)c1ccccc1C2=O. The largest absolute Gasteiger partial charge is 0.452 e. The Morgan fingerprint density at radius 2 is 1.47 bits per heavy atom. The van der Waals surface area contributed by atoms with Crippen LogP contribution >= 0.6 is 0 Å². The molecule has 0 spiro atoms. The van der Waals surface area contributed by atoms with Crippen LogP contribution < -0.4 is 5.32 Å². The highest BCUT2D eigenvalue weighted by atomic mass is 19.1. The second-order valence-electron chi connectivity index (χ2n) is 7.00. The molecule has 158 valence electrons. The Morgan fingerprint density at radius 3 is 2.16 bits per heavy atom. The van der Waals surface area contributed by atoms with Crippen molar-refractivity contribution in [2.45, 2.75) is 0 Å². The van der Waals surface area contributed by atoms with Crippen molar-refractivity contribution in [2.24, 2.45) is 0 Å². The molecule has 32 heavy (non-hydrogen) atoms. The van der Waals surface area contributed by atoms with E-state index in [1.807, 2.05) is 0 Å². The molecule has 4 rings (SSSR count). The topological polar surface area (TPSA) is 89.5 Å². The first-order chi connectivity index (χ1) is 15.4. The number of hydrogen-bond donors (Lipinski definition) is 1. The highest BCUT2D eigenvalue weighted by Gasteiger charge is 2.29. The molecule has 0 aromatic heterocycles. The second-order valence-corrected chi connectivity index (χ2v) is 7.00. The number of esters is 1. The van der Waals surface area contributed by atoms with Crippen LogP contribution in [0.1, 0.15) is 37.4 Å². The zero-order valence-corrected chi connectivity index (χ0v) is 16.6. The molecule has 7 heteroatoms. The van der Waals surface area contributed by atoms with E-state index in [9.17, 15) is 23.6 Å². The van der Waals surface area contributed by atoms with Crippen LogP contribution in [0.2, 0.25) is 0 Å². The zero-order chi connectivity index (χ0) is 22.7. The molecule has 1 amide bonds. The van der Waals surface area contributed by atoms with Gasteiger partial charge >= 0.3 is 5.97 Å². The summed E-state index contributed by atoms with van der Waals surface area (Å²) in [6, 6.07) is 16.5. The summed E-state index contributed by atoms with van der Waals surface area (Å²) in [6.07, 6.45) is 2.56. The molecular formula is C25H16FNO5. The van der Waals surface area contributed by atoms with Crippen LogP contribution in [0, 0.1) is 5.82 Å². The van der Waals surface area contributed by atoms with E-state index in [0.29, 0.717) is 22.4 Å². The van der Waals surface area contributed by atoms with Crippen molar-refractivity contribution < 1.29 is 28.3 Å². The molecule has 0 heterocycles. The normalized spacial score (nSPS) is 12.3.